The van der Waals surface area contributed by atoms with Gasteiger partial charge in [0.25, 0.3) is 0 Å². The molecule has 21 heavy (non-hydrogen) atoms. The summed E-state index contributed by atoms with van der Waals surface area (Å²) in [4.78, 5) is 0. The molecule has 1 heterocycles. The zero-order valence-corrected chi connectivity index (χ0v) is 13.4. The van der Waals surface area contributed by atoms with Gasteiger partial charge >= 0.3 is 0 Å². The van der Waals surface area contributed by atoms with Crippen molar-refractivity contribution >= 4 is 26.9 Å². The van der Waals surface area contributed by atoms with Gasteiger partial charge in [-0.1, -0.05) is 28.1 Å². The molecular formula is C17H15BrFNO. The van der Waals surface area contributed by atoms with Crippen molar-refractivity contribution in [3.8, 4) is 0 Å². The molecule has 2 aromatic carbocycles. The highest BCUT2D eigenvalue weighted by molar-refractivity contribution is 9.10. The highest BCUT2D eigenvalue weighted by Crippen LogP contribution is 2.31. The van der Waals surface area contributed by atoms with Crippen molar-refractivity contribution in [2.75, 3.05) is 0 Å². The van der Waals surface area contributed by atoms with Crippen molar-refractivity contribution in [3.63, 3.8) is 0 Å². The molecule has 0 amide bonds. The van der Waals surface area contributed by atoms with Gasteiger partial charge in [0.05, 0.1) is 6.04 Å². The molecule has 1 unspecified atom stereocenters. The molecule has 3 rings (SSSR count). The van der Waals surface area contributed by atoms with Crippen LogP contribution in [0, 0.1) is 19.7 Å². The number of nitrogens with two attached hydrogens (primary N) is 1. The Morgan fingerprint density at radius 2 is 1.86 bits per heavy atom. The maximum atomic E-state index is 13.7. The van der Waals surface area contributed by atoms with E-state index in [2.05, 4.69) is 15.9 Å². The summed E-state index contributed by atoms with van der Waals surface area (Å²) >= 11 is 3.47. The van der Waals surface area contributed by atoms with Gasteiger partial charge in [-0.15, -0.1) is 0 Å². The molecular weight excluding hydrogens is 333 g/mol. The van der Waals surface area contributed by atoms with Crippen LogP contribution in [-0.4, -0.2) is 0 Å². The van der Waals surface area contributed by atoms with Crippen LogP contribution in [0.5, 0.6) is 0 Å². The molecule has 0 aliphatic heterocycles. The van der Waals surface area contributed by atoms with Crippen molar-refractivity contribution < 1.29 is 8.81 Å². The third kappa shape index (κ3) is 2.61. The highest BCUT2D eigenvalue weighted by atomic mass is 79.9. The standard InChI is InChI=1S/C17H15BrFNO/c1-9-3-4-11(7-14(9)19)16(20)15-8-12-6-13(18)5-10(2)17(12)21-15/h3-8,16H,20H2,1-2H3. The second kappa shape index (κ2) is 5.28. The van der Waals surface area contributed by atoms with E-state index in [9.17, 15) is 4.39 Å². The Kier molecular flexibility index (Phi) is 3.59. The molecule has 0 bridgehead atoms. The number of fused-ring (bicyclic) bond motifs is 1. The predicted octanol–water partition coefficient (Wildman–Crippen LogP) is 5.00. The zero-order valence-electron chi connectivity index (χ0n) is 11.8. The van der Waals surface area contributed by atoms with Crippen LogP contribution in [0.4, 0.5) is 4.39 Å². The lowest BCUT2D eigenvalue weighted by Crippen LogP contribution is -2.11. The van der Waals surface area contributed by atoms with Crippen LogP contribution < -0.4 is 5.73 Å². The Labute approximate surface area is 130 Å². The summed E-state index contributed by atoms with van der Waals surface area (Å²) in [6.45, 7) is 3.71. The van der Waals surface area contributed by atoms with Gasteiger partial charge in [-0.25, -0.2) is 4.39 Å². The summed E-state index contributed by atoms with van der Waals surface area (Å²) in [5.41, 5.74) is 9.38. The maximum Gasteiger partial charge on any atom is 0.137 e. The Balaban J connectivity index is 2.07. The maximum absolute atomic E-state index is 13.7. The van der Waals surface area contributed by atoms with Gasteiger partial charge in [-0.05, 0) is 54.8 Å². The summed E-state index contributed by atoms with van der Waals surface area (Å²) in [6.07, 6.45) is 0. The van der Waals surface area contributed by atoms with Crippen molar-refractivity contribution in [1.82, 2.24) is 0 Å². The number of furan rings is 1. The fourth-order valence-electron chi connectivity index (χ4n) is 2.42. The smallest absolute Gasteiger partial charge is 0.137 e. The van der Waals surface area contributed by atoms with Crippen LogP contribution in [0.15, 0.2) is 45.3 Å². The first-order chi connectivity index (χ1) is 9.95. The van der Waals surface area contributed by atoms with Crippen molar-refractivity contribution in [1.29, 1.82) is 0 Å². The molecule has 2 nitrogen and oxygen atoms in total. The Morgan fingerprint density at radius 1 is 1.10 bits per heavy atom. The van der Waals surface area contributed by atoms with E-state index in [0.717, 1.165) is 21.0 Å². The number of halogens is 2. The minimum absolute atomic E-state index is 0.252. The Bertz CT molecular complexity index is 825. The molecule has 108 valence electrons. The molecule has 3 aromatic rings. The van der Waals surface area contributed by atoms with E-state index >= 15 is 0 Å². The molecule has 1 aromatic heterocycles. The van der Waals surface area contributed by atoms with Crippen LogP contribution in [0.3, 0.4) is 0 Å². The minimum atomic E-state index is -0.481. The molecule has 2 N–H and O–H groups in total. The lowest BCUT2D eigenvalue weighted by atomic mass is 10.0. The van der Waals surface area contributed by atoms with Gasteiger partial charge in [0.1, 0.15) is 17.2 Å². The van der Waals surface area contributed by atoms with Gasteiger partial charge in [0.15, 0.2) is 0 Å². The molecule has 1 atom stereocenters. The SMILES string of the molecule is Cc1ccc(C(N)c2cc3cc(Br)cc(C)c3o2)cc1F. The number of aryl methyl sites for hydroxylation is 2. The normalized spacial score (nSPS) is 12.8. The molecule has 0 aliphatic carbocycles. The van der Waals surface area contributed by atoms with Gasteiger partial charge in [0, 0.05) is 9.86 Å². The van der Waals surface area contributed by atoms with Crippen molar-refractivity contribution in [2.45, 2.75) is 19.9 Å². The number of hydrogen-bond donors (Lipinski definition) is 1. The highest BCUT2D eigenvalue weighted by Gasteiger charge is 2.16. The van der Waals surface area contributed by atoms with Crippen LogP contribution in [0.1, 0.15) is 28.5 Å². The van der Waals surface area contributed by atoms with E-state index in [0.29, 0.717) is 16.9 Å². The van der Waals surface area contributed by atoms with E-state index in [4.69, 9.17) is 10.2 Å². The third-order valence-corrected chi connectivity index (χ3v) is 4.11. The summed E-state index contributed by atoms with van der Waals surface area (Å²) in [5.74, 6) is 0.382. The molecule has 0 fully saturated rings. The fourth-order valence-corrected chi connectivity index (χ4v) is 3.01. The fraction of sp³-hybridized carbons (Fsp3) is 0.176. The lowest BCUT2D eigenvalue weighted by Gasteiger charge is -2.10. The van der Waals surface area contributed by atoms with Crippen molar-refractivity contribution in [3.05, 3.63) is 69.1 Å². The molecule has 4 heteroatoms. The first-order valence-electron chi connectivity index (χ1n) is 6.67. The monoisotopic (exact) mass is 347 g/mol. The molecule has 0 radical (unpaired) electrons. The van der Waals surface area contributed by atoms with Crippen LogP contribution in [0.25, 0.3) is 11.0 Å². The summed E-state index contributed by atoms with van der Waals surface area (Å²) in [5, 5.41) is 0.986. The topological polar surface area (TPSA) is 39.2 Å². The molecule has 0 saturated carbocycles. The van der Waals surface area contributed by atoms with Crippen LogP contribution >= 0.6 is 15.9 Å². The van der Waals surface area contributed by atoms with E-state index in [1.54, 1.807) is 13.0 Å². The number of rotatable bonds is 2. The van der Waals surface area contributed by atoms with E-state index in [1.807, 2.05) is 31.2 Å². The second-order valence-electron chi connectivity index (χ2n) is 5.28. The third-order valence-electron chi connectivity index (χ3n) is 3.65. The van der Waals surface area contributed by atoms with Gasteiger partial charge < -0.3 is 10.2 Å². The van der Waals surface area contributed by atoms with Crippen LogP contribution in [-0.2, 0) is 0 Å². The molecule has 0 aliphatic rings. The predicted molar refractivity (Wildman–Crippen MR) is 85.8 cm³/mol. The van der Waals surface area contributed by atoms with Gasteiger partial charge in [-0.3, -0.25) is 0 Å². The zero-order chi connectivity index (χ0) is 15.1. The van der Waals surface area contributed by atoms with Gasteiger partial charge in [-0.2, -0.15) is 0 Å². The first kappa shape index (κ1) is 14.3. The summed E-state index contributed by atoms with van der Waals surface area (Å²) in [6, 6.07) is 10.4. The van der Waals surface area contributed by atoms with E-state index in [1.165, 1.54) is 6.07 Å². The Hall–Kier alpha value is -1.65. The molecule has 0 spiro atoms. The largest absolute Gasteiger partial charge is 0.459 e. The van der Waals surface area contributed by atoms with Crippen molar-refractivity contribution in [2.24, 2.45) is 5.73 Å². The van der Waals surface area contributed by atoms with E-state index in [-0.39, 0.29) is 5.82 Å². The van der Waals surface area contributed by atoms with Gasteiger partial charge in [0.2, 0.25) is 0 Å². The average Bonchev–Trinajstić information content (AvgIpc) is 2.85. The van der Waals surface area contributed by atoms with E-state index < -0.39 is 6.04 Å². The van der Waals surface area contributed by atoms with Crippen LogP contribution in [0.2, 0.25) is 0 Å². The average molecular weight is 348 g/mol. The minimum Gasteiger partial charge on any atom is -0.459 e. The summed E-state index contributed by atoms with van der Waals surface area (Å²) in [7, 11) is 0. The summed E-state index contributed by atoms with van der Waals surface area (Å²) < 4.78 is 20.6. The first-order valence-corrected chi connectivity index (χ1v) is 7.46. The molecule has 0 saturated heterocycles. The quantitative estimate of drug-likeness (QED) is 0.708. The lowest BCUT2D eigenvalue weighted by molar-refractivity contribution is 0.521. The second-order valence-corrected chi connectivity index (χ2v) is 6.19. The Morgan fingerprint density at radius 3 is 2.57 bits per heavy atom. The number of benzene rings is 2. The number of hydrogen-bond acceptors (Lipinski definition) is 2.